The van der Waals surface area contributed by atoms with Gasteiger partial charge in [-0.2, -0.15) is 0 Å². The van der Waals surface area contributed by atoms with Crippen molar-refractivity contribution in [3.8, 4) is 11.3 Å². The molecule has 124 valence electrons. The van der Waals surface area contributed by atoms with E-state index in [2.05, 4.69) is 85.4 Å². The van der Waals surface area contributed by atoms with Gasteiger partial charge in [-0.1, -0.05) is 0 Å². The van der Waals surface area contributed by atoms with Crippen molar-refractivity contribution in [3.05, 3.63) is 54.7 Å². The standard InChI is InChI=1S/C21H27GeNSi/c1-22(2,3)20-14-17(13-16-9-7-8-10-19(16)20)21-15-18(11-12-23-21)24(4,5)6/h7-15H,1-6H3. The number of aromatic nitrogens is 1. The summed E-state index contributed by atoms with van der Waals surface area (Å²) in [7, 11) is -1.33. The van der Waals surface area contributed by atoms with Crippen LogP contribution in [0.2, 0.25) is 36.9 Å². The van der Waals surface area contributed by atoms with Crippen LogP contribution in [0.1, 0.15) is 0 Å². The Bertz CT molecular complexity index is 888. The van der Waals surface area contributed by atoms with Crippen molar-refractivity contribution in [3.63, 3.8) is 0 Å². The molecule has 0 spiro atoms. The first-order valence-electron chi connectivity index (χ1n) is 8.66. The average molecular weight is 394 g/mol. The molecule has 3 rings (SSSR count). The minimum absolute atomic E-state index is 1.12. The maximum atomic E-state index is 4.70. The van der Waals surface area contributed by atoms with Gasteiger partial charge in [0.1, 0.15) is 0 Å². The number of hydrogen-bond donors (Lipinski definition) is 0. The van der Waals surface area contributed by atoms with E-state index in [0.29, 0.717) is 0 Å². The monoisotopic (exact) mass is 395 g/mol. The van der Waals surface area contributed by atoms with Gasteiger partial charge >= 0.3 is 150 Å². The van der Waals surface area contributed by atoms with Crippen LogP contribution in [-0.2, 0) is 0 Å². The number of rotatable bonds is 3. The summed E-state index contributed by atoms with van der Waals surface area (Å²) in [4.78, 5) is 4.70. The Hall–Kier alpha value is -1.39. The van der Waals surface area contributed by atoms with Crippen LogP contribution in [0, 0.1) is 0 Å². The summed E-state index contributed by atoms with van der Waals surface area (Å²) in [6.45, 7) is 7.17. The second kappa shape index (κ2) is 6.16. The maximum absolute atomic E-state index is 4.70. The molecule has 0 saturated heterocycles. The summed E-state index contributed by atoms with van der Waals surface area (Å²) in [5.41, 5.74) is 2.39. The summed E-state index contributed by atoms with van der Waals surface area (Å²) >= 11 is -1.97. The molecule has 3 heteroatoms. The van der Waals surface area contributed by atoms with Gasteiger partial charge < -0.3 is 0 Å². The zero-order valence-corrected chi connectivity index (χ0v) is 18.7. The number of pyridine rings is 1. The third kappa shape index (κ3) is 3.50. The Balaban J connectivity index is 2.25. The van der Waals surface area contributed by atoms with Crippen LogP contribution in [0.3, 0.4) is 0 Å². The predicted molar refractivity (Wildman–Crippen MR) is 113 cm³/mol. The minimum atomic E-state index is -1.97. The van der Waals surface area contributed by atoms with E-state index in [1.165, 1.54) is 21.5 Å². The first-order valence-corrected chi connectivity index (χ1v) is 19.5. The molecule has 0 fully saturated rings. The third-order valence-electron chi connectivity index (χ3n) is 4.59. The van der Waals surface area contributed by atoms with E-state index in [4.69, 9.17) is 4.98 Å². The summed E-state index contributed by atoms with van der Waals surface area (Å²) in [6.07, 6.45) is 1.98. The summed E-state index contributed by atoms with van der Waals surface area (Å²) in [5, 5.41) is 4.24. The summed E-state index contributed by atoms with van der Waals surface area (Å²) < 4.78 is 1.57. The Kier molecular flexibility index (Phi) is 4.47. The van der Waals surface area contributed by atoms with Crippen LogP contribution in [0.25, 0.3) is 22.0 Å². The van der Waals surface area contributed by atoms with Crippen molar-refractivity contribution in [2.75, 3.05) is 0 Å². The van der Waals surface area contributed by atoms with Crippen LogP contribution in [-0.4, -0.2) is 26.3 Å². The molecule has 3 aromatic rings. The van der Waals surface area contributed by atoms with Crippen molar-refractivity contribution in [2.45, 2.75) is 36.9 Å². The van der Waals surface area contributed by atoms with Gasteiger partial charge in [0.25, 0.3) is 0 Å². The Morgan fingerprint density at radius 2 is 1.58 bits per heavy atom. The molecule has 24 heavy (non-hydrogen) atoms. The normalized spacial score (nSPS) is 12.6. The van der Waals surface area contributed by atoms with E-state index in [9.17, 15) is 0 Å². The van der Waals surface area contributed by atoms with Crippen LogP contribution in [0.15, 0.2) is 54.7 Å². The molecule has 0 amide bonds. The molecular formula is C21H27GeNSi. The Morgan fingerprint density at radius 1 is 0.875 bits per heavy atom. The quantitative estimate of drug-likeness (QED) is 0.571. The van der Waals surface area contributed by atoms with Crippen molar-refractivity contribution < 1.29 is 0 Å². The molecule has 0 aliphatic rings. The molecule has 1 aromatic heterocycles. The number of hydrogen-bond acceptors (Lipinski definition) is 1. The van der Waals surface area contributed by atoms with E-state index in [0.717, 1.165) is 5.69 Å². The van der Waals surface area contributed by atoms with Crippen LogP contribution in [0.5, 0.6) is 0 Å². The van der Waals surface area contributed by atoms with Gasteiger partial charge in [0, 0.05) is 0 Å². The number of nitrogens with zero attached hydrogens (tertiary/aromatic N) is 1. The molecular weight excluding hydrogens is 367 g/mol. The van der Waals surface area contributed by atoms with Gasteiger partial charge in [-0.3, -0.25) is 0 Å². The van der Waals surface area contributed by atoms with Crippen LogP contribution in [0.4, 0.5) is 0 Å². The Labute approximate surface area is 149 Å². The summed E-state index contributed by atoms with van der Waals surface area (Å²) in [6, 6.07) is 18.0. The molecule has 0 atom stereocenters. The van der Waals surface area contributed by atoms with E-state index >= 15 is 0 Å². The van der Waals surface area contributed by atoms with E-state index in [-0.39, 0.29) is 0 Å². The fourth-order valence-corrected chi connectivity index (χ4v) is 7.69. The van der Waals surface area contributed by atoms with Crippen molar-refractivity contribution >= 4 is 41.7 Å². The molecule has 0 aliphatic heterocycles. The fraction of sp³-hybridized carbons (Fsp3) is 0.286. The first-order chi connectivity index (χ1) is 11.2. The number of fused-ring (bicyclic) bond motifs is 1. The molecule has 0 aliphatic carbocycles. The zero-order chi connectivity index (χ0) is 17.5. The number of benzene rings is 2. The molecule has 0 unspecified atom stereocenters. The van der Waals surface area contributed by atoms with Crippen molar-refractivity contribution in [2.24, 2.45) is 0 Å². The van der Waals surface area contributed by atoms with E-state index < -0.39 is 21.3 Å². The van der Waals surface area contributed by atoms with Crippen molar-refractivity contribution in [1.82, 2.24) is 4.98 Å². The molecule has 1 nitrogen and oxygen atoms in total. The topological polar surface area (TPSA) is 12.9 Å². The molecule has 0 N–H and O–H groups in total. The van der Waals surface area contributed by atoms with Crippen LogP contribution >= 0.6 is 0 Å². The molecule has 0 saturated carbocycles. The van der Waals surface area contributed by atoms with Crippen LogP contribution < -0.4 is 9.58 Å². The van der Waals surface area contributed by atoms with Gasteiger partial charge in [-0.25, -0.2) is 0 Å². The Morgan fingerprint density at radius 3 is 2.25 bits per heavy atom. The van der Waals surface area contributed by atoms with E-state index in [1.54, 1.807) is 4.40 Å². The van der Waals surface area contributed by atoms with Gasteiger partial charge in [-0.05, 0) is 0 Å². The third-order valence-corrected chi connectivity index (χ3v) is 10.9. The molecule has 2 aromatic carbocycles. The second-order valence-corrected chi connectivity index (χ2v) is 24.3. The van der Waals surface area contributed by atoms with Gasteiger partial charge in [0.15, 0.2) is 0 Å². The molecule has 0 radical (unpaired) electrons. The SMILES string of the molecule is C[Si](C)(C)c1ccnc(-c2c[c]([Ge]([CH3])([CH3])[CH3])c3ccccc3c2)c1. The average Bonchev–Trinajstić information content (AvgIpc) is 2.52. The zero-order valence-electron chi connectivity index (χ0n) is 15.6. The molecule has 0 bridgehead atoms. The van der Waals surface area contributed by atoms with Crippen molar-refractivity contribution in [1.29, 1.82) is 0 Å². The summed E-state index contributed by atoms with van der Waals surface area (Å²) in [5.74, 6) is 7.41. The fourth-order valence-electron chi connectivity index (χ4n) is 3.13. The second-order valence-electron chi connectivity index (χ2n) is 8.67. The van der Waals surface area contributed by atoms with Gasteiger partial charge in [0.2, 0.25) is 0 Å². The van der Waals surface area contributed by atoms with E-state index in [1.807, 2.05) is 6.20 Å². The predicted octanol–water partition coefficient (Wildman–Crippen LogP) is 4.99. The van der Waals surface area contributed by atoms with Gasteiger partial charge in [-0.15, -0.1) is 0 Å². The first kappa shape index (κ1) is 17.4. The molecule has 1 heterocycles. The van der Waals surface area contributed by atoms with Gasteiger partial charge in [0.05, 0.1) is 0 Å².